The second-order valence-electron chi connectivity index (χ2n) is 9.33. The largest absolute Gasteiger partial charge is 0.497 e. The fraction of sp³-hybridized carbons (Fsp3) is 0.219. The average Bonchev–Trinajstić information content (AvgIpc) is 2.99. The smallest absolute Gasteiger partial charge is 0.251 e. The molecule has 0 fully saturated rings. The first-order valence-electron chi connectivity index (χ1n) is 13.1. The Kier molecular flexibility index (Phi) is 9.72. The van der Waals surface area contributed by atoms with Crippen LogP contribution in [0.1, 0.15) is 21.5 Å². The number of aryl methyl sites for hydroxylation is 1. The van der Waals surface area contributed by atoms with E-state index >= 15 is 0 Å². The Balaban J connectivity index is 1.41. The van der Waals surface area contributed by atoms with Crippen LogP contribution in [0.25, 0.3) is 11.1 Å². The van der Waals surface area contributed by atoms with E-state index in [2.05, 4.69) is 20.9 Å². The number of amides is 2. The monoisotopic (exact) mass is 538 g/mol. The number of nitrogens with zero attached hydrogens (tertiary/aromatic N) is 1. The molecule has 2 amide bonds. The quantitative estimate of drug-likeness (QED) is 0.227. The first kappa shape index (κ1) is 28.2. The van der Waals surface area contributed by atoms with Crippen LogP contribution in [-0.4, -0.2) is 50.1 Å². The van der Waals surface area contributed by atoms with Crippen LogP contribution in [0.15, 0.2) is 91.1 Å². The van der Waals surface area contributed by atoms with Crippen molar-refractivity contribution in [2.45, 2.75) is 19.4 Å². The molecule has 0 radical (unpaired) electrons. The summed E-state index contributed by atoms with van der Waals surface area (Å²) in [7, 11) is 3.21. The number of ether oxygens (including phenoxy) is 2. The molecule has 0 aliphatic rings. The molecule has 206 valence electrons. The second-order valence-corrected chi connectivity index (χ2v) is 9.33. The third kappa shape index (κ3) is 7.83. The zero-order valence-corrected chi connectivity index (χ0v) is 22.9. The Morgan fingerprint density at radius 2 is 1.60 bits per heavy atom. The summed E-state index contributed by atoms with van der Waals surface area (Å²) in [6.45, 7) is 2.85. The van der Waals surface area contributed by atoms with Gasteiger partial charge in [0.25, 0.3) is 5.91 Å². The maximum atomic E-state index is 13.2. The Morgan fingerprint density at radius 1 is 0.850 bits per heavy atom. The van der Waals surface area contributed by atoms with Gasteiger partial charge in [-0.15, -0.1) is 0 Å². The molecule has 0 unspecified atom stereocenters. The fourth-order valence-electron chi connectivity index (χ4n) is 4.20. The molecule has 40 heavy (non-hydrogen) atoms. The number of pyridine rings is 1. The van der Waals surface area contributed by atoms with Gasteiger partial charge in [-0.2, -0.15) is 0 Å². The third-order valence-electron chi connectivity index (χ3n) is 6.42. The van der Waals surface area contributed by atoms with E-state index in [-0.39, 0.29) is 11.8 Å². The summed E-state index contributed by atoms with van der Waals surface area (Å²) in [6.07, 6.45) is 2.10. The topological polar surface area (TPSA) is 102 Å². The lowest BCUT2D eigenvalue weighted by Gasteiger charge is -2.19. The zero-order valence-electron chi connectivity index (χ0n) is 22.9. The van der Waals surface area contributed by atoms with E-state index in [1.54, 1.807) is 32.5 Å². The molecule has 4 aromatic rings. The summed E-state index contributed by atoms with van der Waals surface area (Å²) >= 11 is 0. The lowest BCUT2D eigenvalue weighted by Crippen LogP contribution is -2.48. The summed E-state index contributed by atoms with van der Waals surface area (Å²) in [5.41, 5.74) is 5.29. The predicted octanol–water partition coefficient (Wildman–Crippen LogP) is 4.64. The summed E-state index contributed by atoms with van der Waals surface area (Å²) in [5.74, 6) is 0.791. The van der Waals surface area contributed by atoms with Crippen molar-refractivity contribution < 1.29 is 19.1 Å². The molecule has 8 heteroatoms. The van der Waals surface area contributed by atoms with E-state index in [1.165, 1.54) is 0 Å². The molecule has 0 aliphatic carbocycles. The zero-order chi connectivity index (χ0) is 28.3. The van der Waals surface area contributed by atoms with Gasteiger partial charge in [0.2, 0.25) is 11.8 Å². The van der Waals surface area contributed by atoms with Crippen molar-refractivity contribution in [3.8, 4) is 22.8 Å². The van der Waals surface area contributed by atoms with Crippen molar-refractivity contribution >= 4 is 17.5 Å². The number of aromatic nitrogens is 1. The summed E-state index contributed by atoms with van der Waals surface area (Å²) in [6, 6.07) is 25.8. The second kappa shape index (κ2) is 13.8. The Morgan fingerprint density at radius 3 is 2.25 bits per heavy atom. The Labute approximate surface area is 234 Å². The van der Waals surface area contributed by atoms with E-state index in [0.29, 0.717) is 31.0 Å². The molecule has 0 saturated heterocycles. The van der Waals surface area contributed by atoms with Gasteiger partial charge in [-0.3, -0.25) is 9.59 Å². The van der Waals surface area contributed by atoms with Gasteiger partial charge in [-0.05, 0) is 60.5 Å². The van der Waals surface area contributed by atoms with Crippen molar-refractivity contribution in [1.29, 1.82) is 0 Å². The highest BCUT2D eigenvalue weighted by Gasteiger charge is 2.22. The van der Waals surface area contributed by atoms with Gasteiger partial charge >= 0.3 is 0 Å². The van der Waals surface area contributed by atoms with Crippen LogP contribution in [-0.2, 0) is 11.2 Å². The highest BCUT2D eigenvalue weighted by atomic mass is 16.5. The van der Waals surface area contributed by atoms with Gasteiger partial charge in [0.15, 0.2) is 0 Å². The molecule has 4 rings (SSSR count). The number of hydrogen-bond donors (Lipinski definition) is 3. The number of carbonyl (C=O) groups excluding carboxylic acids is 2. The number of anilines is 1. The molecule has 3 aromatic carbocycles. The normalized spacial score (nSPS) is 11.3. The maximum absolute atomic E-state index is 13.2. The van der Waals surface area contributed by atoms with Crippen molar-refractivity contribution in [1.82, 2.24) is 15.6 Å². The van der Waals surface area contributed by atoms with Gasteiger partial charge in [0.1, 0.15) is 11.8 Å². The minimum Gasteiger partial charge on any atom is -0.497 e. The summed E-state index contributed by atoms with van der Waals surface area (Å²) in [5, 5.41) is 9.15. The van der Waals surface area contributed by atoms with Gasteiger partial charge in [0, 0.05) is 48.6 Å². The van der Waals surface area contributed by atoms with Crippen molar-refractivity contribution in [3.05, 3.63) is 108 Å². The third-order valence-corrected chi connectivity index (χ3v) is 6.42. The lowest BCUT2D eigenvalue weighted by molar-refractivity contribution is -0.122. The predicted molar refractivity (Wildman–Crippen MR) is 157 cm³/mol. The van der Waals surface area contributed by atoms with Crippen LogP contribution in [0.3, 0.4) is 0 Å². The molecule has 1 aromatic heterocycles. The first-order chi connectivity index (χ1) is 19.4. The molecule has 0 bridgehead atoms. The summed E-state index contributed by atoms with van der Waals surface area (Å²) < 4.78 is 10.3. The number of nitrogens with one attached hydrogen (secondary N) is 3. The number of rotatable bonds is 12. The maximum Gasteiger partial charge on any atom is 0.251 e. The molecule has 0 saturated carbocycles. The van der Waals surface area contributed by atoms with Crippen LogP contribution < -0.4 is 25.4 Å². The number of carbonyl (C=O) groups is 2. The van der Waals surface area contributed by atoms with E-state index in [0.717, 1.165) is 33.7 Å². The van der Waals surface area contributed by atoms with E-state index in [9.17, 15) is 9.59 Å². The lowest BCUT2D eigenvalue weighted by atomic mass is 10.0. The fourth-order valence-corrected chi connectivity index (χ4v) is 4.20. The summed E-state index contributed by atoms with van der Waals surface area (Å²) in [4.78, 5) is 30.5. The Hall–Kier alpha value is -4.85. The minimum absolute atomic E-state index is 0.249. The van der Waals surface area contributed by atoms with Crippen LogP contribution >= 0.6 is 0 Å². The Bertz CT molecular complexity index is 1400. The minimum atomic E-state index is -0.748. The average molecular weight is 539 g/mol. The van der Waals surface area contributed by atoms with Crippen molar-refractivity contribution in [2.24, 2.45) is 0 Å². The number of hydrogen-bond acceptors (Lipinski definition) is 6. The molecule has 0 aliphatic heterocycles. The number of methoxy groups -OCH3 is 2. The van der Waals surface area contributed by atoms with Crippen LogP contribution in [0.5, 0.6) is 11.6 Å². The van der Waals surface area contributed by atoms with E-state index in [4.69, 9.17) is 9.47 Å². The molecule has 0 spiro atoms. The number of benzene rings is 3. The molecule has 3 N–H and O–H groups in total. The molecule has 1 heterocycles. The van der Waals surface area contributed by atoms with Crippen LogP contribution in [0.4, 0.5) is 5.69 Å². The van der Waals surface area contributed by atoms with Crippen molar-refractivity contribution in [2.75, 3.05) is 32.6 Å². The molecular formula is C32H34N4O4. The van der Waals surface area contributed by atoms with Gasteiger partial charge < -0.3 is 25.4 Å². The van der Waals surface area contributed by atoms with Gasteiger partial charge in [0.05, 0.1) is 14.2 Å². The van der Waals surface area contributed by atoms with Crippen LogP contribution in [0.2, 0.25) is 0 Å². The molecular weight excluding hydrogens is 504 g/mol. The van der Waals surface area contributed by atoms with Crippen molar-refractivity contribution in [3.63, 3.8) is 0 Å². The first-order valence-corrected chi connectivity index (χ1v) is 13.1. The van der Waals surface area contributed by atoms with E-state index in [1.807, 2.05) is 79.7 Å². The highest BCUT2D eigenvalue weighted by Crippen LogP contribution is 2.21. The molecule has 8 nitrogen and oxygen atoms in total. The molecule has 1 atom stereocenters. The van der Waals surface area contributed by atoms with Crippen LogP contribution in [0, 0.1) is 6.92 Å². The standard InChI is InChI=1S/C32H34N4O4/c1-22-5-4-6-25(19-22)31(37)36-29(32(38)34-18-17-33-27-12-14-28(39-2)15-13-27)20-23-7-9-24(10-8-23)26-11-16-30(40-3)35-21-26/h4-16,19,21,29,33H,17-18,20H2,1-3H3,(H,34,38)(H,36,37)/t29-/m0/s1. The highest BCUT2D eigenvalue weighted by molar-refractivity contribution is 5.97. The van der Waals surface area contributed by atoms with Gasteiger partial charge in [-0.1, -0.05) is 42.0 Å². The van der Waals surface area contributed by atoms with E-state index < -0.39 is 6.04 Å². The van der Waals surface area contributed by atoms with Gasteiger partial charge in [-0.25, -0.2) is 4.98 Å². The SMILES string of the molecule is COc1ccc(NCCNC(=O)[C@H](Cc2ccc(-c3ccc(OC)nc3)cc2)NC(=O)c2cccc(C)c2)cc1.